The number of aromatic nitrogens is 3. The maximum atomic E-state index is 11.6. The maximum absolute atomic E-state index is 11.6. The zero-order valence-corrected chi connectivity index (χ0v) is 10.4. The quantitative estimate of drug-likeness (QED) is 0.884. The fourth-order valence-electron chi connectivity index (χ4n) is 1.89. The number of hydrogen-bond donors (Lipinski definition) is 1. The summed E-state index contributed by atoms with van der Waals surface area (Å²) in [5.74, 6) is -0.208. The van der Waals surface area contributed by atoms with E-state index in [9.17, 15) is 9.90 Å². The molecule has 0 bridgehead atoms. The Balaban J connectivity index is 2.40. The zero-order valence-electron chi connectivity index (χ0n) is 10.4. The second kappa shape index (κ2) is 4.60. The molecule has 1 aromatic heterocycles. The van der Waals surface area contributed by atoms with Crippen LogP contribution in [-0.2, 0) is 23.7 Å². The van der Waals surface area contributed by atoms with Crippen molar-refractivity contribution in [1.82, 2.24) is 14.8 Å². The Labute approximate surface area is 105 Å². The highest BCUT2D eigenvalue weighted by atomic mass is 16.4. The van der Waals surface area contributed by atoms with E-state index in [4.69, 9.17) is 0 Å². The Morgan fingerprint density at radius 1 is 1.39 bits per heavy atom. The van der Waals surface area contributed by atoms with Gasteiger partial charge in [0, 0.05) is 13.5 Å². The van der Waals surface area contributed by atoms with Crippen LogP contribution in [0.5, 0.6) is 0 Å². The van der Waals surface area contributed by atoms with Crippen molar-refractivity contribution in [3.63, 3.8) is 0 Å². The number of aliphatic carboxylic acids is 1. The summed E-state index contributed by atoms with van der Waals surface area (Å²) in [5, 5.41) is 17.3. The molecule has 5 heteroatoms. The molecule has 0 amide bonds. The Bertz CT molecular complexity index is 550. The number of carboxylic acids is 1. The molecular weight excluding hydrogens is 230 g/mol. The van der Waals surface area contributed by atoms with Gasteiger partial charge in [-0.1, -0.05) is 30.3 Å². The minimum absolute atomic E-state index is 0.308. The van der Waals surface area contributed by atoms with Crippen LogP contribution < -0.4 is 0 Å². The van der Waals surface area contributed by atoms with Gasteiger partial charge >= 0.3 is 5.97 Å². The Kier molecular flexibility index (Phi) is 3.14. The highest BCUT2D eigenvalue weighted by molar-refractivity contribution is 5.81. The standard InChI is InChI=1S/C13H15N3O2/c1-13(12(17)18,10-6-4-3-5-7-10)8-11-15-14-9-16(11)2/h3-7,9H,8H2,1-2H3,(H,17,18). The fourth-order valence-corrected chi connectivity index (χ4v) is 1.89. The Morgan fingerprint density at radius 2 is 2.06 bits per heavy atom. The van der Waals surface area contributed by atoms with E-state index >= 15 is 0 Å². The lowest BCUT2D eigenvalue weighted by Gasteiger charge is -2.24. The van der Waals surface area contributed by atoms with Crippen LogP contribution in [0, 0.1) is 0 Å². The summed E-state index contributed by atoms with van der Waals surface area (Å²) in [7, 11) is 1.81. The third-order valence-corrected chi connectivity index (χ3v) is 3.20. The molecule has 0 aliphatic carbocycles. The van der Waals surface area contributed by atoms with Gasteiger partial charge in [0.15, 0.2) is 0 Å². The smallest absolute Gasteiger partial charge is 0.314 e. The summed E-state index contributed by atoms with van der Waals surface area (Å²) in [6.07, 6.45) is 1.88. The second-order valence-corrected chi connectivity index (χ2v) is 4.54. The van der Waals surface area contributed by atoms with Gasteiger partial charge in [-0.05, 0) is 12.5 Å². The average molecular weight is 245 g/mol. The monoisotopic (exact) mass is 245 g/mol. The summed E-state index contributed by atoms with van der Waals surface area (Å²) in [4.78, 5) is 11.6. The van der Waals surface area contributed by atoms with E-state index in [2.05, 4.69) is 10.2 Å². The molecule has 2 aromatic rings. The highest BCUT2D eigenvalue weighted by Crippen LogP contribution is 2.27. The van der Waals surface area contributed by atoms with Crippen LogP contribution in [-0.4, -0.2) is 25.8 Å². The van der Waals surface area contributed by atoms with E-state index in [1.165, 1.54) is 0 Å². The lowest BCUT2D eigenvalue weighted by atomic mass is 9.79. The summed E-state index contributed by atoms with van der Waals surface area (Å²) in [6.45, 7) is 1.71. The zero-order chi connectivity index (χ0) is 13.2. The summed E-state index contributed by atoms with van der Waals surface area (Å²) >= 11 is 0. The van der Waals surface area contributed by atoms with Crippen LogP contribution in [0.4, 0.5) is 0 Å². The van der Waals surface area contributed by atoms with Crippen LogP contribution in [0.2, 0.25) is 0 Å². The third-order valence-electron chi connectivity index (χ3n) is 3.20. The van der Waals surface area contributed by atoms with Crippen LogP contribution in [0.25, 0.3) is 0 Å². The number of nitrogens with zero attached hydrogens (tertiary/aromatic N) is 3. The lowest BCUT2D eigenvalue weighted by molar-refractivity contribution is -0.143. The minimum atomic E-state index is -0.998. The van der Waals surface area contributed by atoms with Crippen molar-refractivity contribution in [2.24, 2.45) is 7.05 Å². The number of rotatable bonds is 4. The molecule has 5 nitrogen and oxygen atoms in total. The minimum Gasteiger partial charge on any atom is -0.481 e. The average Bonchev–Trinajstić information content (AvgIpc) is 2.75. The first kappa shape index (κ1) is 12.3. The number of hydrogen-bond acceptors (Lipinski definition) is 3. The van der Waals surface area contributed by atoms with Crippen LogP contribution in [0.3, 0.4) is 0 Å². The van der Waals surface area contributed by atoms with Gasteiger partial charge in [0.2, 0.25) is 0 Å². The molecule has 1 aromatic carbocycles. The SMILES string of the molecule is Cn1cnnc1CC(C)(C(=O)O)c1ccccc1. The lowest BCUT2D eigenvalue weighted by Crippen LogP contribution is -2.35. The molecule has 1 atom stereocenters. The Hall–Kier alpha value is -2.17. The third kappa shape index (κ3) is 2.11. The molecule has 0 aliphatic rings. The van der Waals surface area contributed by atoms with Gasteiger partial charge in [-0.15, -0.1) is 10.2 Å². The van der Waals surface area contributed by atoms with E-state index in [-0.39, 0.29) is 0 Å². The van der Waals surface area contributed by atoms with Crippen molar-refractivity contribution in [3.8, 4) is 0 Å². The van der Waals surface area contributed by atoms with Gasteiger partial charge in [-0.2, -0.15) is 0 Å². The topological polar surface area (TPSA) is 68.0 Å². The molecular formula is C13H15N3O2. The van der Waals surface area contributed by atoms with Crippen molar-refractivity contribution in [3.05, 3.63) is 48.0 Å². The fraction of sp³-hybridized carbons (Fsp3) is 0.308. The molecule has 94 valence electrons. The number of carboxylic acid groups (broad SMARTS) is 1. The van der Waals surface area contributed by atoms with E-state index in [1.54, 1.807) is 17.8 Å². The second-order valence-electron chi connectivity index (χ2n) is 4.54. The van der Waals surface area contributed by atoms with E-state index in [1.807, 2.05) is 37.4 Å². The van der Waals surface area contributed by atoms with Crippen LogP contribution in [0.1, 0.15) is 18.3 Å². The van der Waals surface area contributed by atoms with Crippen molar-refractivity contribution in [1.29, 1.82) is 0 Å². The van der Waals surface area contributed by atoms with Crippen molar-refractivity contribution in [2.75, 3.05) is 0 Å². The molecule has 0 fully saturated rings. The molecule has 0 spiro atoms. The molecule has 2 rings (SSSR count). The van der Waals surface area contributed by atoms with Crippen molar-refractivity contribution < 1.29 is 9.90 Å². The highest BCUT2D eigenvalue weighted by Gasteiger charge is 2.36. The molecule has 1 heterocycles. The summed E-state index contributed by atoms with van der Waals surface area (Å²) in [6, 6.07) is 9.20. The predicted molar refractivity (Wildman–Crippen MR) is 66.1 cm³/mol. The van der Waals surface area contributed by atoms with Crippen LogP contribution >= 0.6 is 0 Å². The molecule has 1 N–H and O–H groups in total. The predicted octanol–water partition coefficient (Wildman–Crippen LogP) is 1.40. The van der Waals surface area contributed by atoms with Gasteiger partial charge < -0.3 is 9.67 Å². The number of carbonyl (C=O) groups is 1. The Morgan fingerprint density at radius 3 is 2.56 bits per heavy atom. The molecule has 0 aliphatic heterocycles. The van der Waals surface area contributed by atoms with E-state index in [0.717, 1.165) is 5.56 Å². The number of aryl methyl sites for hydroxylation is 1. The number of benzene rings is 1. The molecule has 18 heavy (non-hydrogen) atoms. The summed E-state index contributed by atoms with van der Waals surface area (Å²) in [5.41, 5.74) is -0.234. The van der Waals surface area contributed by atoms with Gasteiger partial charge in [0.1, 0.15) is 12.2 Å². The maximum Gasteiger partial charge on any atom is 0.314 e. The first-order chi connectivity index (χ1) is 8.54. The van der Waals surface area contributed by atoms with Crippen molar-refractivity contribution >= 4 is 5.97 Å². The molecule has 1 unspecified atom stereocenters. The largest absolute Gasteiger partial charge is 0.481 e. The van der Waals surface area contributed by atoms with Crippen molar-refractivity contribution in [2.45, 2.75) is 18.8 Å². The van der Waals surface area contributed by atoms with E-state index in [0.29, 0.717) is 12.2 Å². The van der Waals surface area contributed by atoms with E-state index < -0.39 is 11.4 Å². The van der Waals surface area contributed by atoms with Gasteiger partial charge in [0.25, 0.3) is 0 Å². The van der Waals surface area contributed by atoms with Gasteiger partial charge in [-0.3, -0.25) is 4.79 Å². The summed E-state index contributed by atoms with van der Waals surface area (Å²) < 4.78 is 1.74. The molecule has 0 saturated heterocycles. The molecule has 0 saturated carbocycles. The van der Waals surface area contributed by atoms with Gasteiger partial charge in [-0.25, -0.2) is 0 Å². The van der Waals surface area contributed by atoms with Crippen LogP contribution in [0.15, 0.2) is 36.7 Å². The molecule has 0 radical (unpaired) electrons. The normalized spacial score (nSPS) is 14.1. The first-order valence-electron chi connectivity index (χ1n) is 5.66. The first-order valence-corrected chi connectivity index (χ1v) is 5.66. The van der Waals surface area contributed by atoms with Gasteiger partial charge in [0.05, 0.1) is 5.41 Å².